The van der Waals surface area contributed by atoms with Gasteiger partial charge in [0.05, 0.1) is 0 Å². The van der Waals surface area contributed by atoms with Gasteiger partial charge in [0.2, 0.25) is 0 Å². The quantitative estimate of drug-likeness (QED) is 0.782. The Labute approximate surface area is 132 Å². The standard InChI is InChI=1S/C19H23NS/c1-15-8-5-6-12-18(15)21-19(14-17-11-7-13-20-17)16-9-3-2-4-10-16/h2-6,8-10,12,17,19-20H,7,11,13-14H2,1H3. The first-order chi connectivity index (χ1) is 10.3. The van der Waals surface area contributed by atoms with Crippen LogP contribution in [0.5, 0.6) is 0 Å². The SMILES string of the molecule is Cc1ccccc1SC(CC1CCCN1)c1ccccc1. The summed E-state index contributed by atoms with van der Waals surface area (Å²) in [5.41, 5.74) is 2.82. The normalized spacial score (nSPS) is 19.6. The number of rotatable bonds is 5. The highest BCUT2D eigenvalue weighted by molar-refractivity contribution is 7.99. The van der Waals surface area contributed by atoms with Gasteiger partial charge in [-0.3, -0.25) is 0 Å². The summed E-state index contributed by atoms with van der Waals surface area (Å²) in [6.07, 6.45) is 3.85. The molecular formula is C19H23NS. The topological polar surface area (TPSA) is 12.0 Å². The lowest BCUT2D eigenvalue weighted by Crippen LogP contribution is -2.23. The molecule has 0 radical (unpaired) electrons. The number of hydrogen-bond donors (Lipinski definition) is 1. The zero-order chi connectivity index (χ0) is 14.5. The van der Waals surface area contributed by atoms with Gasteiger partial charge in [0.25, 0.3) is 0 Å². The van der Waals surface area contributed by atoms with E-state index < -0.39 is 0 Å². The summed E-state index contributed by atoms with van der Waals surface area (Å²) in [7, 11) is 0. The third kappa shape index (κ3) is 3.90. The number of thioether (sulfide) groups is 1. The number of hydrogen-bond acceptors (Lipinski definition) is 2. The second kappa shape index (κ2) is 7.15. The van der Waals surface area contributed by atoms with E-state index in [-0.39, 0.29) is 0 Å². The average molecular weight is 297 g/mol. The van der Waals surface area contributed by atoms with Crippen LogP contribution in [0.2, 0.25) is 0 Å². The van der Waals surface area contributed by atoms with Crippen molar-refractivity contribution in [3.63, 3.8) is 0 Å². The van der Waals surface area contributed by atoms with Gasteiger partial charge in [-0.05, 0) is 49.9 Å². The van der Waals surface area contributed by atoms with E-state index in [1.165, 1.54) is 41.8 Å². The molecule has 0 aromatic heterocycles. The smallest absolute Gasteiger partial charge is 0.0359 e. The van der Waals surface area contributed by atoms with Gasteiger partial charge in [0.1, 0.15) is 0 Å². The first-order valence-corrected chi connectivity index (χ1v) is 8.71. The summed E-state index contributed by atoms with van der Waals surface area (Å²) >= 11 is 2.02. The largest absolute Gasteiger partial charge is 0.314 e. The maximum atomic E-state index is 3.64. The molecule has 1 aliphatic heterocycles. The summed E-state index contributed by atoms with van der Waals surface area (Å²) in [5, 5.41) is 4.17. The van der Waals surface area contributed by atoms with Crippen LogP contribution in [0.1, 0.15) is 35.6 Å². The van der Waals surface area contributed by atoms with Crippen molar-refractivity contribution in [1.29, 1.82) is 0 Å². The second-order valence-corrected chi connectivity index (χ2v) is 7.06. The van der Waals surface area contributed by atoms with Gasteiger partial charge in [0.15, 0.2) is 0 Å². The molecule has 2 aromatic rings. The van der Waals surface area contributed by atoms with Crippen molar-refractivity contribution < 1.29 is 0 Å². The van der Waals surface area contributed by atoms with E-state index in [9.17, 15) is 0 Å². The summed E-state index contributed by atoms with van der Waals surface area (Å²) in [5.74, 6) is 0. The van der Waals surface area contributed by atoms with Crippen molar-refractivity contribution in [1.82, 2.24) is 5.32 Å². The van der Waals surface area contributed by atoms with Crippen molar-refractivity contribution in [3.05, 3.63) is 65.7 Å². The maximum absolute atomic E-state index is 3.64. The fraction of sp³-hybridized carbons (Fsp3) is 0.368. The van der Waals surface area contributed by atoms with Gasteiger partial charge in [0, 0.05) is 16.2 Å². The van der Waals surface area contributed by atoms with Crippen LogP contribution in [0, 0.1) is 6.92 Å². The second-order valence-electron chi connectivity index (χ2n) is 5.81. The average Bonchev–Trinajstić information content (AvgIpc) is 3.03. The zero-order valence-corrected chi connectivity index (χ0v) is 13.4. The van der Waals surface area contributed by atoms with E-state index >= 15 is 0 Å². The van der Waals surface area contributed by atoms with Crippen LogP contribution in [-0.2, 0) is 0 Å². The van der Waals surface area contributed by atoms with E-state index in [1.54, 1.807) is 0 Å². The Bertz CT molecular complexity index is 561. The minimum atomic E-state index is 0.530. The van der Waals surface area contributed by atoms with Crippen molar-refractivity contribution in [2.45, 2.75) is 42.4 Å². The summed E-state index contributed by atoms with van der Waals surface area (Å²) < 4.78 is 0. The van der Waals surface area contributed by atoms with Gasteiger partial charge in [-0.15, -0.1) is 11.8 Å². The molecular weight excluding hydrogens is 274 g/mol. The van der Waals surface area contributed by atoms with Gasteiger partial charge >= 0.3 is 0 Å². The van der Waals surface area contributed by atoms with E-state index in [1.807, 2.05) is 11.8 Å². The van der Waals surface area contributed by atoms with Gasteiger partial charge in [-0.2, -0.15) is 0 Å². The van der Waals surface area contributed by atoms with Crippen LogP contribution >= 0.6 is 11.8 Å². The lowest BCUT2D eigenvalue weighted by molar-refractivity contribution is 0.553. The predicted octanol–water partition coefficient (Wildman–Crippen LogP) is 4.97. The Kier molecular flexibility index (Phi) is 5.00. The summed E-state index contributed by atoms with van der Waals surface area (Å²) in [6.45, 7) is 3.39. The van der Waals surface area contributed by atoms with E-state index in [0.29, 0.717) is 11.3 Å². The molecule has 2 heteroatoms. The first kappa shape index (κ1) is 14.7. The molecule has 1 aliphatic rings. The van der Waals surface area contributed by atoms with Gasteiger partial charge < -0.3 is 5.32 Å². The van der Waals surface area contributed by atoms with E-state index in [4.69, 9.17) is 0 Å². The molecule has 1 nitrogen and oxygen atoms in total. The Morgan fingerprint density at radius 2 is 1.86 bits per heavy atom. The molecule has 0 saturated carbocycles. The lowest BCUT2D eigenvalue weighted by atomic mass is 10.0. The van der Waals surface area contributed by atoms with Crippen LogP contribution in [0.25, 0.3) is 0 Å². The summed E-state index contributed by atoms with van der Waals surface area (Å²) in [6, 6.07) is 20.3. The van der Waals surface area contributed by atoms with Gasteiger partial charge in [-0.25, -0.2) is 0 Å². The molecule has 1 saturated heterocycles. The fourth-order valence-corrected chi connectivity index (χ4v) is 4.32. The van der Waals surface area contributed by atoms with Crippen molar-refractivity contribution in [2.24, 2.45) is 0 Å². The van der Waals surface area contributed by atoms with Gasteiger partial charge in [-0.1, -0.05) is 48.5 Å². The highest BCUT2D eigenvalue weighted by atomic mass is 32.2. The molecule has 2 unspecified atom stereocenters. The summed E-state index contributed by atoms with van der Waals surface area (Å²) in [4.78, 5) is 1.41. The third-order valence-electron chi connectivity index (χ3n) is 4.20. The van der Waals surface area contributed by atoms with Crippen molar-refractivity contribution in [3.8, 4) is 0 Å². The Hall–Kier alpha value is -1.25. The number of nitrogens with one attached hydrogen (secondary N) is 1. The van der Waals surface area contributed by atoms with Crippen LogP contribution in [-0.4, -0.2) is 12.6 Å². The van der Waals surface area contributed by atoms with Crippen molar-refractivity contribution in [2.75, 3.05) is 6.54 Å². The maximum Gasteiger partial charge on any atom is 0.0359 e. The van der Waals surface area contributed by atoms with Crippen LogP contribution < -0.4 is 5.32 Å². The molecule has 2 atom stereocenters. The number of aryl methyl sites for hydroxylation is 1. The van der Waals surface area contributed by atoms with Crippen LogP contribution in [0.15, 0.2) is 59.5 Å². The van der Waals surface area contributed by atoms with Crippen LogP contribution in [0.4, 0.5) is 0 Å². The van der Waals surface area contributed by atoms with Crippen LogP contribution in [0.3, 0.4) is 0 Å². The minimum absolute atomic E-state index is 0.530. The molecule has 0 spiro atoms. The molecule has 1 N–H and O–H groups in total. The number of benzene rings is 2. The Morgan fingerprint density at radius 3 is 2.57 bits per heavy atom. The lowest BCUT2D eigenvalue weighted by Gasteiger charge is -2.22. The van der Waals surface area contributed by atoms with E-state index in [2.05, 4.69) is 66.8 Å². The minimum Gasteiger partial charge on any atom is -0.314 e. The molecule has 0 bridgehead atoms. The molecule has 1 fully saturated rings. The fourth-order valence-electron chi connectivity index (χ4n) is 2.98. The molecule has 1 heterocycles. The zero-order valence-electron chi connectivity index (χ0n) is 12.6. The molecule has 21 heavy (non-hydrogen) atoms. The molecule has 3 rings (SSSR count). The van der Waals surface area contributed by atoms with E-state index in [0.717, 1.165) is 0 Å². The molecule has 110 valence electrons. The Balaban J connectivity index is 1.80. The predicted molar refractivity (Wildman–Crippen MR) is 91.9 cm³/mol. The third-order valence-corrected chi connectivity index (χ3v) is 5.66. The highest BCUT2D eigenvalue weighted by Crippen LogP contribution is 2.40. The first-order valence-electron chi connectivity index (χ1n) is 7.83. The highest BCUT2D eigenvalue weighted by Gasteiger charge is 2.22. The Morgan fingerprint density at radius 1 is 1.10 bits per heavy atom. The molecule has 0 aliphatic carbocycles. The monoisotopic (exact) mass is 297 g/mol. The molecule has 0 amide bonds. The van der Waals surface area contributed by atoms with Crippen molar-refractivity contribution >= 4 is 11.8 Å². The molecule has 2 aromatic carbocycles.